The van der Waals surface area contributed by atoms with E-state index in [4.69, 9.17) is 9.72 Å². The molecule has 4 nitrogen and oxygen atoms in total. The molecule has 1 saturated carbocycles. The van der Waals surface area contributed by atoms with Crippen molar-refractivity contribution in [3.8, 4) is 0 Å². The van der Waals surface area contributed by atoms with E-state index in [1.54, 1.807) is 0 Å². The summed E-state index contributed by atoms with van der Waals surface area (Å²) in [4.78, 5) is 8.91. The van der Waals surface area contributed by atoms with E-state index in [0.29, 0.717) is 6.10 Å². The summed E-state index contributed by atoms with van der Waals surface area (Å²) < 4.78 is 5.46. The standard InChI is InChI=1S/C16H27N3OS/c1-3-8-17-11-14-15(12-4-5-12)18-16(21-14)19-9-6-13(20-2)7-10-19/h12-13,17H,3-11H2,1-2H3. The van der Waals surface area contributed by atoms with Gasteiger partial charge in [-0.2, -0.15) is 0 Å². The second-order valence-corrected chi connectivity index (χ2v) is 7.24. The van der Waals surface area contributed by atoms with E-state index < -0.39 is 0 Å². The fourth-order valence-electron chi connectivity index (χ4n) is 2.95. The molecule has 2 aliphatic rings. The minimum atomic E-state index is 0.440. The number of methoxy groups -OCH3 is 1. The first-order valence-corrected chi connectivity index (χ1v) is 9.11. The first-order valence-electron chi connectivity index (χ1n) is 8.29. The number of nitrogens with one attached hydrogen (secondary N) is 1. The maximum atomic E-state index is 5.46. The maximum Gasteiger partial charge on any atom is 0.185 e. The Balaban J connectivity index is 1.66. The number of anilines is 1. The number of nitrogens with zero attached hydrogens (tertiary/aromatic N) is 2. The van der Waals surface area contributed by atoms with Crippen LogP contribution in [-0.2, 0) is 11.3 Å². The lowest BCUT2D eigenvalue weighted by atomic mass is 10.1. The first kappa shape index (κ1) is 15.3. The Morgan fingerprint density at radius 2 is 2.05 bits per heavy atom. The highest BCUT2D eigenvalue weighted by Crippen LogP contribution is 2.44. The van der Waals surface area contributed by atoms with Crippen molar-refractivity contribution in [2.45, 2.75) is 57.6 Å². The lowest BCUT2D eigenvalue weighted by molar-refractivity contribution is 0.0819. The van der Waals surface area contributed by atoms with Gasteiger partial charge in [-0.3, -0.25) is 0 Å². The van der Waals surface area contributed by atoms with Gasteiger partial charge in [0.2, 0.25) is 0 Å². The molecule has 0 aromatic carbocycles. The van der Waals surface area contributed by atoms with E-state index in [1.165, 1.54) is 35.0 Å². The molecule has 21 heavy (non-hydrogen) atoms. The maximum absolute atomic E-state index is 5.46. The number of hydrogen-bond donors (Lipinski definition) is 1. The van der Waals surface area contributed by atoms with Crippen LogP contribution in [0.1, 0.15) is 55.5 Å². The Labute approximate surface area is 131 Å². The lowest BCUT2D eigenvalue weighted by Gasteiger charge is -2.30. The summed E-state index contributed by atoms with van der Waals surface area (Å²) in [5.74, 6) is 0.741. The SMILES string of the molecule is CCCNCc1sc(N2CCC(OC)CC2)nc1C1CC1. The molecule has 0 bridgehead atoms. The van der Waals surface area contributed by atoms with Gasteiger partial charge in [-0.15, -0.1) is 11.3 Å². The molecule has 0 atom stereocenters. The van der Waals surface area contributed by atoms with Crippen LogP contribution in [0.25, 0.3) is 0 Å². The summed E-state index contributed by atoms with van der Waals surface area (Å²) in [6, 6.07) is 0. The van der Waals surface area contributed by atoms with Gasteiger partial charge in [0.15, 0.2) is 5.13 Å². The molecule has 1 aromatic heterocycles. The van der Waals surface area contributed by atoms with Crippen LogP contribution in [0.2, 0.25) is 0 Å². The number of aromatic nitrogens is 1. The van der Waals surface area contributed by atoms with E-state index in [2.05, 4.69) is 17.1 Å². The average molecular weight is 309 g/mol. The third kappa shape index (κ3) is 3.76. The highest BCUT2D eigenvalue weighted by atomic mass is 32.1. The largest absolute Gasteiger partial charge is 0.381 e. The number of rotatable bonds is 7. The number of ether oxygens (including phenoxy) is 1. The zero-order valence-corrected chi connectivity index (χ0v) is 14.0. The Morgan fingerprint density at radius 3 is 2.67 bits per heavy atom. The number of hydrogen-bond acceptors (Lipinski definition) is 5. The van der Waals surface area contributed by atoms with Crippen LogP contribution in [0.4, 0.5) is 5.13 Å². The van der Waals surface area contributed by atoms with Crippen LogP contribution >= 0.6 is 11.3 Å². The molecule has 1 saturated heterocycles. The molecular weight excluding hydrogens is 282 g/mol. The molecule has 5 heteroatoms. The van der Waals surface area contributed by atoms with E-state index in [9.17, 15) is 0 Å². The minimum Gasteiger partial charge on any atom is -0.381 e. The van der Waals surface area contributed by atoms with E-state index in [0.717, 1.165) is 44.9 Å². The minimum absolute atomic E-state index is 0.440. The fraction of sp³-hybridized carbons (Fsp3) is 0.812. The van der Waals surface area contributed by atoms with Crippen LogP contribution in [-0.4, -0.2) is 37.8 Å². The van der Waals surface area contributed by atoms with E-state index in [-0.39, 0.29) is 0 Å². The van der Waals surface area contributed by atoms with Crippen molar-refractivity contribution in [1.82, 2.24) is 10.3 Å². The topological polar surface area (TPSA) is 37.4 Å². The number of thiazole rings is 1. The first-order chi connectivity index (χ1) is 10.3. The summed E-state index contributed by atoms with van der Waals surface area (Å²) in [5, 5.41) is 4.77. The second-order valence-electron chi connectivity index (χ2n) is 6.18. The zero-order valence-electron chi connectivity index (χ0n) is 13.2. The Kier molecular flexibility index (Phi) is 5.14. The van der Waals surface area contributed by atoms with Crippen LogP contribution in [0.3, 0.4) is 0 Å². The summed E-state index contributed by atoms with van der Waals surface area (Å²) >= 11 is 1.91. The highest BCUT2D eigenvalue weighted by Gasteiger charge is 2.31. The van der Waals surface area contributed by atoms with E-state index in [1.807, 2.05) is 18.4 Å². The van der Waals surface area contributed by atoms with Gasteiger partial charge >= 0.3 is 0 Å². The summed E-state index contributed by atoms with van der Waals surface area (Å²) in [7, 11) is 1.83. The monoisotopic (exact) mass is 309 g/mol. The Morgan fingerprint density at radius 1 is 1.29 bits per heavy atom. The molecule has 0 unspecified atom stereocenters. The van der Waals surface area contributed by atoms with Crippen molar-refractivity contribution in [2.24, 2.45) is 0 Å². The molecule has 1 aromatic rings. The molecule has 0 spiro atoms. The normalized spacial score (nSPS) is 20.2. The lowest BCUT2D eigenvalue weighted by Crippen LogP contribution is -2.36. The van der Waals surface area contributed by atoms with Crippen LogP contribution in [0, 0.1) is 0 Å². The van der Waals surface area contributed by atoms with Crippen LogP contribution in [0.5, 0.6) is 0 Å². The van der Waals surface area contributed by atoms with Gasteiger partial charge in [-0.05, 0) is 38.6 Å². The molecule has 3 rings (SSSR count). The van der Waals surface area contributed by atoms with Crippen molar-refractivity contribution in [1.29, 1.82) is 0 Å². The zero-order chi connectivity index (χ0) is 14.7. The summed E-state index contributed by atoms with van der Waals surface area (Å²) in [5.41, 5.74) is 1.38. The fourth-order valence-corrected chi connectivity index (χ4v) is 4.12. The quantitative estimate of drug-likeness (QED) is 0.785. The molecule has 118 valence electrons. The van der Waals surface area contributed by atoms with Crippen molar-refractivity contribution >= 4 is 16.5 Å². The van der Waals surface area contributed by atoms with E-state index >= 15 is 0 Å². The number of piperidine rings is 1. The predicted octanol–water partition coefficient (Wildman–Crippen LogP) is 3.14. The summed E-state index contributed by atoms with van der Waals surface area (Å²) in [6.45, 7) is 6.46. The molecular formula is C16H27N3OS. The molecule has 0 amide bonds. The summed E-state index contributed by atoms with van der Waals surface area (Å²) in [6.07, 6.45) is 6.53. The van der Waals surface area contributed by atoms with Crippen molar-refractivity contribution in [3.05, 3.63) is 10.6 Å². The van der Waals surface area contributed by atoms with Gasteiger partial charge in [0.25, 0.3) is 0 Å². The third-order valence-electron chi connectivity index (χ3n) is 4.44. The van der Waals surface area contributed by atoms with Gasteiger partial charge in [0.1, 0.15) is 0 Å². The smallest absolute Gasteiger partial charge is 0.185 e. The average Bonchev–Trinajstić information content (AvgIpc) is 3.28. The molecule has 1 aliphatic carbocycles. The Bertz CT molecular complexity index is 450. The molecule has 2 fully saturated rings. The Hall–Kier alpha value is -0.650. The highest BCUT2D eigenvalue weighted by molar-refractivity contribution is 7.15. The van der Waals surface area contributed by atoms with Gasteiger partial charge in [-0.1, -0.05) is 6.92 Å². The van der Waals surface area contributed by atoms with Crippen LogP contribution in [0.15, 0.2) is 0 Å². The molecule has 0 radical (unpaired) electrons. The molecule has 1 N–H and O–H groups in total. The molecule has 2 heterocycles. The second kappa shape index (κ2) is 7.07. The van der Waals surface area contributed by atoms with Crippen LogP contribution < -0.4 is 10.2 Å². The van der Waals surface area contributed by atoms with Gasteiger partial charge < -0.3 is 15.0 Å². The van der Waals surface area contributed by atoms with Crippen molar-refractivity contribution in [2.75, 3.05) is 31.6 Å². The van der Waals surface area contributed by atoms with Gasteiger partial charge in [-0.25, -0.2) is 4.98 Å². The van der Waals surface area contributed by atoms with Crippen molar-refractivity contribution in [3.63, 3.8) is 0 Å². The third-order valence-corrected chi connectivity index (χ3v) is 5.57. The van der Waals surface area contributed by atoms with Gasteiger partial charge in [0, 0.05) is 37.5 Å². The van der Waals surface area contributed by atoms with Gasteiger partial charge in [0.05, 0.1) is 11.8 Å². The molecule has 1 aliphatic heterocycles. The van der Waals surface area contributed by atoms with Crippen molar-refractivity contribution < 1.29 is 4.74 Å². The predicted molar refractivity (Wildman–Crippen MR) is 88.3 cm³/mol.